The van der Waals surface area contributed by atoms with E-state index < -0.39 is 5.60 Å². The zero-order chi connectivity index (χ0) is 11.6. The molecule has 0 aliphatic heterocycles. The average Bonchev–Trinajstić information content (AvgIpc) is 2.67. The second-order valence-corrected chi connectivity index (χ2v) is 5.72. The third-order valence-electron chi connectivity index (χ3n) is 3.26. The Morgan fingerprint density at radius 1 is 1.50 bits per heavy atom. The summed E-state index contributed by atoms with van der Waals surface area (Å²) in [6, 6.07) is 0. The summed E-state index contributed by atoms with van der Waals surface area (Å²) >= 11 is 1.54. The molecule has 1 heterocycles. The number of aliphatic hydroxyl groups is 1. The standard InChI is InChI=1S/C10H18N4OS/c1-8-3-5-10(15,6-4-8)7-16-9-11-12-13-14(9)2/h8,15H,3-7H2,1-2H3. The molecule has 1 N–H and O–H groups in total. The first-order chi connectivity index (χ1) is 7.59. The zero-order valence-corrected chi connectivity index (χ0v) is 10.6. The predicted octanol–water partition coefficient (Wildman–Crippen LogP) is 1.24. The fourth-order valence-corrected chi connectivity index (χ4v) is 2.99. The van der Waals surface area contributed by atoms with Crippen molar-refractivity contribution in [2.24, 2.45) is 13.0 Å². The second kappa shape index (κ2) is 4.71. The van der Waals surface area contributed by atoms with Crippen LogP contribution in [0, 0.1) is 5.92 Å². The number of hydrogen-bond donors (Lipinski definition) is 1. The van der Waals surface area contributed by atoms with Gasteiger partial charge in [0.25, 0.3) is 0 Å². The molecule has 0 unspecified atom stereocenters. The molecule has 2 rings (SSSR count). The van der Waals surface area contributed by atoms with Crippen molar-refractivity contribution in [1.82, 2.24) is 20.2 Å². The van der Waals surface area contributed by atoms with Crippen molar-refractivity contribution >= 4 is 11.8 Å². The fraction of sp³-hybridized carbons (Fsp3) is 0.900. The van der Waals surface area contributed by atoms with E-state index in [1.54, 1.807) is 4.68 Å². The van der Waals surface area contributed by atoms with Crippen LogP contribution in [0.4, 0.5) is 0 Å². The molecule has 1 aromatic heterocycles. The lowest BCUT2D eigenvalue weighted by atomic mass is 9.81. The Kier molecular flexibility index (Phi) is 3.49. The van der Waals surface area contributed by atoms with Gasteiger partial charge in [-0.05, 0) is 42.0 Å². The topological polar surface area (TPSA) is 63.8 Å². The Balaban J connectivity index is 1.88. The summed E-state index contributed by atoms with van der Waals surface area (Å²) in [5.41, 5.74) is -0.525. The van der Waals surface area contributed by atoms with E-state index in [-0.39, 0.29) is 0 Å². The van der Waals surface area contributed by atoms with E-state index in [1.807, 2.05) is 7.05 Å². The van der Waals surface area contributed by atoms with Crippen LogP contribution in [0.5, 0.6) is 0 Å². The molecule has 0 bridgehead atoms. The van der Waals surface area contributed by atoms with Gasteiger partial charge in [-0.15, -0.1) is 5.10 Å². The van der Waals surface area contributed by atoms with Gasteiger partial charge in [0.15, 0.2) is 0 Å². The van der Waals surface area contributed by atoms with Gasteiger partial charge in [0.05, 0.1) is 5.60 Å². The van der Waals surface area contributed by atoms with Crippen LogP contribution in [0.1, 0.15) is 32.6 Å². The van der Waals surface area contributed by atoms with Crippen LogP contribution in [-0.4, -0.2) is 36.7 Å². The van der Waals surface area contributed by atoms with Crippen molar-refractivity contribution in [1.29, 1.82) is 0 Å². The van der Waals surface area contributed by atoms with E-state index in [9.17, 15) is 5.11 Å². The van der Waals surface area contributed by atoms with E-state index in [0.29, 0.717) is 5.75 Å². The Hall–Kier alpha value is -0.620. The van der Waals surface area contributed by atoms with Gasteiger partial charge >= 0.3 is 0 Å². The molecule has 0 atom stereocenters. The first kappa shape index (κ1) is 11.9. The van der Waals surface area contributed by atoms with E-state index in [2.05, 4.69) is 22.4 Å². The van der Waals surface area contributed by atoms with Gasteiger partial charge in [0.2, 0.25) is 5.16 Å². The van der Waals surface area contributed by atoms with Gasteiger partial charge in [-0.3, -0.25) is 0 Å². The van der Waals surface area contributed by atoms with Gasteiger partial charge in [-0.25, -0.2) is 4.68 Å². The molecule has 5 nitrogen and oxygen atoms in total. The largest absolute Gasteiger partial charge is 0.389 e. The molecule has 1 aliphatic rings. The predicted molar refractivity (Wildman–Crippen MR) is 62.1 cm³/mol. The maximum absolute atomic E-state index is 10.4. The summed E-state index contributed by atoms with van der Waals surface area (Å²) in [7, 11) is 1.81. The highest BCUT2D eigenvalue weighted by Crippen LogP contribution is 2.35. The minimum Gasteiger partial charge on any atom is -0.389 e. The summed E-state index contributed by atoms with van der Waals surface area (Å²) in [6.07, 6.45) is 4.03. The van der Waals surface area contributed by atoms with Gasteiger partial charge in [-0.2, -0.15) is 0 Å². The minimum absolute atomic E-state index is 0.525. The van der Waals surface area contributed by atoms with E-state index in [1.165, 1.54) is 11.8 Å². The second-order valence-electron chi connectivity index (χ2n) is 4.78. The van der Waals surface area contributed by atoms with Crippen LogP contribution in [0.25, 0.3) is 0 Å². The summed E-state index contributed by atoms with van der Waals surface area (Å²) in [5.74, 6) is 1.44. The van der Waals surface area contributed by atoms with Crippen LogP contribution < -0.4 is 0 Å². The normalized spacial score (nSPS) is 30.6. The SMILES string of the molecule is CC1CCC(O)(CSc2nnnn2C)CC1. The average molecular weight is 242 g/mol. The van der Waals surface area contributed by atoms with Gasteiger partial charge in [0, 0.05) is 12.8 Å². The number of tetrazole rings is 1. The van der Waals surface area contributed by atoms with Crippen molar-refractivity contribution in [3.05, 3.63) is 0 Å². The van der Waals surface area contributed by atoms with E-state index in [4.69, 9.17) is 0 Å². The number of hydrogen-bond acceptors (Lipinski definition) is 5. The van der Waals surface area contributed by atoms with Crippen LogP contribution >= 0.6 is 11.8 Å². The monoisotopic (exact) mass is 242 g/mol. The first-order valence-electron chi connectivity index (χ1n) is 5.67. The molecule has 90 valence electrons. The molecule has 0 radical (unpaired) electrons. The maximum atomic E-state index is 10.4. The third-order valence-corrected chi connectivity index (χ3v) is 4.54. The highest BCUT2D eigenvalue weighted by atomic mass is 32.2. The molecular formula is C10H18N4OS. The molecule has 1 fully saturated rings. The number of thioether (sulfide) groups is 1. The Bertz CT molecular complexity index is 346. The van der Waals surface area contributed by atoms with Crippen molar-refractivity contribution in [3.63, 3.8) is 0 Å². The summed E-state index contributed by atoms with van der Waals surface area (Å²) in [5, 5.41) is 22.4. The number of nitrogens with zero attached hydrogens (tertiary/aromatic N) is 4. The highest BCUT2D eigenvalue weighted by molar-refractivity contribution is 7.99. The molecule has 0 aromatic carbocycles. The lowest BCUT2D eigenvalue weighted by Gasteiger charge is -2.34. The number of rotatable bonds is 3. The summed E-state index contributed by atoms with van der Waals surface area (Å²) in [4.78, 5) is 0. The molecule has 1 aliphatic carbocycles. The van der Waals surface area contributed by atoms with Crippen molar-refractivity contribution < 1.29 is 5.11 Å². The number of aryl methyl sites for hydroxylation is 1. The van der Waals surface area contributed by atoms with Crippen molar-refractivity contribution in [2.75, 3.05) is 5.75 Å². The molecule has 0 saturated heterocycles. The van der Waals surface area contributed by atoms with Gasteiger partial charge in [0.1, 0.15) is 0 Å². The van der Waals surface area contributed by atoms with Crippen LogP contribution in [0.2, 0.25) is 0 Å². The van der Waals surface area contributed by atoms with Crippen LogP contribution in [0.15, 0.2) is 5.16 Å². The molecule has 0 amide bonds. The molecule has 0 spiro atoms. The lowest BCUT2D eigenvalue weighted by molar-refractivity contribution is 0.0149. The molecule has 16 heavy (non-hydrogen) atoms. The van der Waals surface area contributed by atoms with Crippen LogP contribution in [0.3, 0.4) is 0 Å². The maximum Gasteiger partial charge on any atom is 0.209 e. The van der Waals surface area contributed by atoms with Crippen molar-refractivity contribution in [2.45, 2.75) is 43.4 Å². The fourth-order valence-electron chi connectivity index (χ4n) is 1.99. The van der Waals surface area contributed by atoms with E-state index in [0.717, 1.165) is 36.8 Å². The number of aromatic nitrogens is 4. The third kappa shape index (κ3) is 2.74. The molecule has 1 aromatic rings. The first-order valence-corrected chi connectivity index (χ1v) is 6.65. The van der Waals surface area contributed by atoms with Gasteiger partial charge < -0.3 is 5.11 Å². The molecular weight excluding hydrogens is 224 g/mol. The quantitative estimate of drug-likeness (QED) is 0.808. The zero-order valence-electron chi connectivity index (χ0n) is 9.76. The summed E-state index contributed by atoms with van der Waals surface area (Å²) in [6.45, 7) is 2.25. The Labute approximate surface area is 99.6 Å². The Morgan fingerprint density at radius 2 is 2.19 bits per heavy atom. The van der Waals surface area contributed by atoms with Crippen LogP contribution in [-0.2, 0) is 7.05 Å². The molecule has 1 saturated carbocycles. The highest BCUT2D eigenvalue weighted by Gasteiger charge is 2.32. The van der Waals surface area contributed by atoms with Gasteiger partial charge in [-0.1, -0.05) is 18.7 Å². The smallest absolute Gasteiger partial charge is 0.209 e. The molecule has 6 heteroatoms. The summed E-state index contributed by atoms with van der Waals surface area (Å²) < 4.78 is 1.64. The lowest BCUT2D eigenvalue weighted by Crippen LogP contribution is -2.36. The minimum atomic E-state index is -0.525. The Morgan fingerprint density at radius 3 is 2.75 bits per heavy atom. The van der Waals surface area contributed by atoms with Crippen molar-refractivity contribution in [3.8, 4) is 0 Å². The van der Waals surface area contributed by atoms with E-state index >= 15 is 0 Å².